The van der Waals surface area contributed by atoms with Crippen molar-refractivity contribution >= 4 is 29.2 Å². The quantitative estimate of drug-likeness (QED) is 0.360. The Morgan fingerprint density at radius 1 is 1.19 bits per heavy atom. The molecule has 190 valence electrons. The van der Waals surface area contributed by atoms with Crippen LogP contribution in [0.5, 0.6) is 5.75 Å². The number of nitrogens with one attached hydrogen (secondary N) is 3. The van der Waals surface area contributed by atoms with E-state index in [-0.39, 0.29) is 18.3 Å². The lowest BCUT2D eigenvalue weighted by molar-refractivity contribution is -0.124. The van der Waals surface area contributed by atoms with Crippen molar-refractivity contribution in [3.8, 4) is 5.75 Å². The molecule has 3 aromatic rings. The maximum atomic E-state index is 13.1. The highest BCUT2D eigenvalue weighted by Crippen LogP contribution is 2.24. The summed E-state index contributed by atoms with van der Waals surface area (Å²) in [5.74, 6) is -0.191. The molecule has 3 N–H and O–H groups in total. The van der Waals surface area contributed by atoms with Crippen LogP contribution in [0.25, 0.3) is 0 Å². The van der Waals surface area contributed by atoms with E-state index < -0.39 is 17.6 Å². The van der Waals surface area contributed by atoms with Gasteiger partial charge >= 0.3 is 5.56 Å². The minimum Gasteiger partial charge on any atom is -0.480 e. The molecule has 0 fully saturated rings. The minimum atomic E-state index is -0.901. The Balaban J connectivity index is 1.71. The predicted octanol–water partition coefficient (Wildman–Crippen LogP) is 2.82. The Bertz CT molecular complexity index is 1270. The van der Waals surface area contributed by atoms with Crippen LogP contribution in [0.4, 0.5) is 5.82 Å². The number of carbonyl (C=O) groups is 2. The number of hydrogen-bond donors (Lipinski definition) is 3. The van der Waals surface area contributed by atoms with Crippen molar-refractivity contribution in [3.63, 3.8) is 0 Å². The van der Waals surface area contributed by atoms with E-state index in [4.69, 9.17) is 16.3 Å². The van der Waals surface area contributed by atoms with Crippen LogP contribution in [0.3, 0.4) is 0 Å². The Labute approximate surface area is 214 Å². The number of nitrogens with zero attached hydrogens (tertiary/aromatic N) is 3. The lowest BCUT2D eigenvalue weighted by Gasteiger charge is -2.21. The van der Waals surface area contributed by atoms with E-state index in [9.17, 15) is 14.4 Å². The maximum absolute atomic E-state index is 13.1. The monoisotopic (exact) mass is 512 g/mol. The van der Waals surface area contributed by atoms with Gasteiger partial charge in [0.1, 0.15) is 5.75 Å². The van der Waals surface area contributed by atoms with E-state index in [2.05, 4.69) is 26.0 Å². The Morgan fingerprint density at radius 2 is 2.00 bits per heavy atom. The van der Waals surface area contributed by atoms with Gasteiger partial charge in [-0.1, -0.05) is 24.6 Å². The molecule has 1 unspecified atom stereocenters. The second-order valence-corrected chi connectivity index (χ2v) is 8.48. The molecule has 10 nitrogen and oxygen atoms in total. The molecule has 3 rings (SSSR count). The lowest BCUT2D eigenvalue weighted by atomic mass is 10.2. The summed E-state index contributed by atoms with van der Waals surface area (Å²) in [5, 5.41) is 6.18. The molecule has 11 heteroatoms. The summed E-state index contributed by atoms with van der Waals surface area (Å²) in [6.07, 6.45) is 3.25. The van der Waals surface area contributed by atoms with Crippen molar-refractivity contribution in [1.82, 2.24) is 20.0 Å². The number of rotatable bonds is 11. The van der Waals surface area contributed by atoms with Crippen molar-refractivity contribution in [2.75, 3.05) is 17.3 Å². The van der Waals surface area contributed by atoms with Crippen molar-refractivity contribution in [3.05, 3.63) is 81.1 Å². The van der Waals surface area contributed by atoms with Gasteiger partial charge in [0.15, 0.2) is 11.9 Å². The zero-order valence-electron chi connectivity index (χ0n) is 20.4. The largest absolute Gasteiger partial charge is 0.480 e. The summed E-state index contributed by atoms with van der Waals surface area (Å²) >= 11 is 6.09. The van der Waals surface area contributed by atoms with Crippen LogP contribution in [0, 0.1) is 6.92 Å². The topological polar surface area (TPSA) is 127 Å². The number of carbonyl (C=O) groups excluding carboxylic acids is 2. The second-order valence-electron chi connectivity index (χ2n) is 8.04. The van der Waals surface area contributed by atoms with E-state index in [0.717, 1.165) is 10.4 Å². The van der Waals surface area contributed by atoms with Gasteiger partial charge in [0.2, 0.25) is 5.91 Å². The number of hydrogen-bond acceptors (Lipinski definition) is 7. The zero-order valence-corrected chi connectivity index (χ0v) is 21.1. The summed E-state index contributed by atoms with van der Waals surface area (Å²) in [7, 11) is 0. The van der Waals surface area contributed by atoms with Gasteiger partial charge in [0, 0.05) is 48.9 Å². The molecule has 0 spiro atoms. The standard InChI is InChI=1S/C25H29ClN6O4/c1-4-21(36-22-9-8-19(26)13-18(22)15-29-17(3)33)24(34)31-32-16(2)14-30-23(25(32)35)28-12-10-20-7-5-6-11-27-20/h5-9,11,13-14,21H,4,10,12,15H2,1-3H3,(H,28,30)(H,29,33)(H,31,34). The molecule has 1 aromatic carbocycles. The van der Waals surface area contributed by atoms with Gasteiger partial charge in [0.25, 0.3) is 5.91 Å². The summed E-state index contributed by atoms with van der Waals surface area (Å²) in [4.78, 5) is 45.8. The van der Waals surface area contributed by atoms with Gasteiger partial charge in [-0.25, -0.2) is 9.66 Å². The molecule has 0 aliphatic rings. The average Bonchev–Trinajstić information content (AvgIpc) is 2.86. The van der Waals surface area contributed by atoms with Gasteiger partial charge in [-0.15, -0.1) is 0 Å². The first-order chi connectivity index (χ1) is 17.3. The maximum Gasteiger partial charge on any atom is 0.312 e. The van der Waals surface area contributed by atoms with E-state index >= 15 is 0 Å². The fourth-order valence-electron chi connectivity index (χ4n) is 3.33. The van der Waals surface area contributed by atoms with Crippen molar-refractivity contribution in [2.24, 2.45) is 0 Å². The SMILES string of the molecule is CCC(Oc1ccc(Cl)cc1CNC(C)=O)C(=O)Nn1c(C)cnc(NCCc2ccccn2)c1=O. The van der Waals surface area contributed by atoms with Crippen LogP contribution in [0.2, 0.25) is 5.02 Å². The third-order valence-electron chi connectivity index (χ3n) is 5.24. The number of aryl methyl sites for hydroxylation is 1. The predicted molar refractivity (Wildman–Crippen MR) is 138 cm³/mol. The summed E-state index contributed by atoms with van der Waals surface area (Å²) in [6, 6.07) is 10.6. The fraction of sp³-hybridized carbons (Fsp3) is 0.320. The highest BCUT2D eigenvalue weighted by atomic mass is 35.5. The van der Waals surface area contributed by atoms with Crippen LogP contribution in [0.1, 0.15) is 37.2 Å². The third-order valence-corrected chi connectivity index (χ3v) is 5.48. The normalized spacial score (nSPS) is 11.4. The van der Waals surface area contributed by atoms with Crippen molar-refractivity contribution in [2.45, 2.75) is 46.3 Å². The molecule has 2 aromatic heterocycles. The smallest absolute Gasteiger partial charge is 0.312 e. The van der Waals surface area contributed by atoms with E-state index in [1.54, 1.807) is 38.2 Å². The number of pyridine rings is 1. The van der Waals surface area contributed by atoms with E-state index in [0.29, 0.717) is 41.4 Å². The Kier molecular flexibility index (Phi) is 9.40. The third kappa shape index (κ3) is 7.29. The van der Waals surface area contributed by atoms with E-state index in [1.807, 2.05) is 18.2 Å². The average molecular weight is 513 g/mol. The number of ether oxygens (including phenoxy) is 1. The first-order valence-corrected chi connectivity index (χ1v) is 11.9. The minimum absolute atomic E-state index is 0.112. The number of anilines is 1. The number of halogens is 1. The molecule has 0 aliphatic heterocycles. The molecule has 0 saturated heterocycles. The van der Waals surface area contributed by atoms with Crippen LogP contribution in [0.15, 0.2) is 53.6 Å². The highest BCUT2D eigenvalue weighted by Gasteiger charge is 2.22. The summed E-state index contributed by atoms with van der Waals surface area (Å²) in [5.41, 5.74) is 4.11. The molecule has 2 amide bonds. The number of amides is 2. The van der Waals surface area contributed by atoms with Gasteiger partial charge in [-0.3, -0.25) is 24.8 Å². The zero-order chi connectivity index (χ0) is 26.1. The molecule has 0 bridgehead atoms. The van der Waals surface area contributed by atoms with Gasteiger partial charge in [-0.05, 0) is 43.7 Å². The first-order valence-electron chi connectivity index (χ1n) is 11.5. The van der Waals surface area contributed by atoms with Gasteiger partial charge in [-0.2, -0.15) is 0 Å². The van der Waals surface area contributed by atoms with Crippen LogP contribution >= 0.6 is 11.6 Å². The molecule has 0 saturated carbocycles. The van der Waals surface area contributed by atoms with Gasteiger partial charge in [0.05, 0.1) is 11.9 Å². The van der Waals surface area contributed by atoms with Crippen LogP contribution in [-0.2, 0) is 22.6 Å². The lowest BCUT2D eigenvalue weighted by Crippen LogP contribution is -2.42. The van der Waals surface area contributed by atoms with E-state index in [1.165, 1.54) is 13.1 Å². The van der Waals surface area contributed by atoms with Gasteiger partial charge < -0.3 is 15.4 Å². The van der Waals surface area contributed by atoms with Crippen LogP contribution < -0.4 is 26.4 Å². The number of benzene rings is 1. The Morgan fingerprint density at radius 3 is 2.69 bits per heavy atom. The molecule has 2 heterocycles. The fourth-order valence-corrected chi connectivity index (χ4v) is 3.53. The highest BCUT2D eigenvalue weighted by molar-refractivity contribution is 6.30. The van der Waals surface area contributed by atoms with Crippen LogP contribution in [-0.4, -0.2) is 39.1 Å². The first kappa shape index (κ1) is 26.7. The number of aromatic nitrogens is 3. The summed E-state index contributed by atoms with van der Waals surface area (Å²) < 4.78 is 7.11. The van der Waals surface area contributed by atoms with Crippen molar-refractivity contribution in [1.29, 1.82) is 0 Å². The molecule has 0 radical (unpaired) electrons. The summed E-state index contributed by atoms with van der Waals surface area (Å²) in [6.45, 7) is 5.51. The molecular formula is C25H29ClN6O4. The molecule has 1 atom stereocenters. The Hall–Kier alpha value is -3.92. The second kappa shape index (κ2) is 12.7. The molecule has 0 aliphatic carbocycles. The van der Waals surface area contributed by atoms with Crippen molar-refractivity contribution < 1.29 is 14.3 Å². The molecule has 36 heavy (non-hydrogen) atoms. The molecular weight excluding hydrogens is 484 g/mol.